The lowest BCUT2D eigenvalue weighted by atomic mass is 10.1. The second kappa shape index (κ2) is 6.46. The summed E-state index contributed by atoms with van der Waals surface area (Å²) in [5.41, 5.74) is 1.62. The van der Waals surface area contributed by atoms with Crippen LogP contribution in [0, 0.1) is 12.7 Å². The molecule has 120 valence electrons. The van der Waals surface area contributed by atoms with Crippen LogP contribution in [0.2, 0.25) is 5.02 Å². The largest absolute Gasteiger partial charge is 0.486 e. The first-order valence-electron chi connectivity index (χ1n) is 7.17. The van der Waals surface area contributed by atoms with Crippen LogP contribution >= 0.6 is 11.6 Å². The highest BCUT2D eigenvalue weighted by Crippen LogP contribution is 2.38. The zero-order valence-corrected chi connectivity index (χ0v) is 13.2. The first-order chi connectivity index (χ1) is 11.0. The summed E-state index contributed by atoms with van der Waals surface area (Å²) < 4.78 is 24.7. The van der Waals surface area contributed by atoms with Crippen molar-refractivity contribution in [1.82, 2.24) is 0 Å². The number of benzene rings is 2. The van der Waals surface area contributed by atoms with Crippen LogP contribution in [0.1, 0.15) is 11.1 Å². The normalized spacial score (nSPS) is 12.8. The van der Waals surface area contributed by atoms with Crippen molar-refractivity contribution >= 4 is 23.2 Å². The number of aryl methyl sites for hydroxylation is 1. The number of halogens is 2. The molecule has 0 saturated heterocycles. The molecule has 4 nitrogen and oxygen atoms in total. The maximum absolute atomic E-state index is 13.8. The quantitative estimate of drug-likeness (QED) is 0.929. The van der Waals surface area contributed by atoms with E-state index >= 15 is 0 Å². The SMILES string of the molecule is Cc1ccc(NC(=O)Cc2cc(Cl)c3c(c2)OCCO3)c(F)c1. The van der Waals surface area contributed by atoms with Crippen LogP contribution in [0.5, 0.6) is 11.5 Å². The van der Waals surface area contributed by atoms with Gasteiger partial charge in [0.25, 0.3) is 0 Å². The van der Waals surface area contributed by atoms with Crippen molar-refractivity contribution in [3.05, 3.63) is 52.3 Å². The molecule has 23 heavy (non-hydrogen) atoms. The molecule has 0 radical (unpaired) electrons. The van der Waals surface area contributed by atoms with Crippen molar-refractivity contribution in [1.29, 1.82) is 0 Å². The summed E-state index contributed by atoms with van der Waals surface area (Å²) in [5, 5.41) is 2.95. The van der Waals surface area contributed by atoms with E-state index < -0.39 is 5.82 Å². The third-order valence-corrected chi connectivity index (χ3v) is 3.70. The highest BCUT2D eigenvalue weighted by Gasteiger charge is 2.18. The van der Waals surface area contributed by atoms with Gasteiger partial charge < -0.3 is 14.8 Å². The van der Waals surface area contributed by atoms with Gasteiger partial charge in [-0.1, -0.05) is 17.7 Å². The van der Waals surface area contributed by atoms with Gasteiger partial charge >= 0.3 is 0 Å². The monoisotopic (exact) mass is 335 g/mol. The maximum atomic E-state index is 13.8. The van der Waals surface area contributed by atoms with Gasteiger partial charge in [-0.3, -0.25) is 4.79 Å². The van der Waals surface area contributed by atoms with Gasteiger partial charge in [-0.2, -0.15) is 0 Å². The van der Waals surface area contributed by atoms with Gasteiger partial charge in [0.1, 0.15) is 19.0 Å². The molecule has 6 heteroatoms. The Hall–Kier alpha value is -2.27. The van der Waals surface area contributed by atoms with E-state index in [0.29, 0.717) is 35.3 Å². The molecule has 1 N–H and O–H groups in total. The van der Waals surface area contributed by atoms with Crippen molar-refractivity contribution < 1.29 is 18.7 Å². The molecule has 1 aliphatic heterocycles. The molecule has 0 aliphatic carbocycles. The number of fused-ring (bicyclic) bond motifs is 1. The Kier molecular flexibility index (Phi) is 4.39. The third-order valence-electron chi connectivity index (χ3n) is 3.42. The molecule has 1 amide bonds. The van der Waals surface area contributed by atoms with Gasteiger partial charge in [-0.15, -0.1) is 0 Å². The summed E-state index contributed by atoms with van der Waals surface area (Å²) in [6.45, 7) is 2.67. The van der Waals surface area contributed by atoms with E-state index in [1.165, 1.54) is 6.07 Å². The Bertz CT molecular complexity index is 764. The first-order valence-corrected chi connectivity index (χ1v) is 7.55. The molecule has 0 spiro atoms. The highest BCUT2D eigenvalue weighted by atomic mass is 35.5. The molecule has 3 rings (SSSR count). The molecule has 2 aromatic rings. The van der Waals surface area contributed by atoms with Crippen LogP contribution in [0.25, 0.3) is 0 Å². The molecule has 2 aromatic carbocycles. The van der Waals surface area contributed by atoms with E-state index in [-0.39, 0.29) is 18.0 Å². The minimum atomic E-state index is -0.460. The van der Waals surface area contributed by atoms with Crippen LogP contribution in [-0.2, 0) is 11.2 Å². The zero-order valence-electron chi connectivity index (χ0n) is 12.5. The zero-order chi connectivity index (χ0) is 16.4. The highest BCUT2D eigenvalue weighted by molar-refractivity contribution is 6.32. The molecule has 0 unspecified atom stereocenters. The summed E-state index contributed by atoms with van der Waals surface area (Å²) in [6, 6.07) is 8.02. The fourth-order valence-electron chi connectivity index (χ4n) is 2.37. The van der Waals surface area contributed by atoms with Gasteiger partial charge in [0.2, 0.25) is 5.91 Å². The topological polar surface area (TPSA) is 47.6 Å². The van der Waals surface area contributed by atoms with Crippen LogP contribution in [-0.4, -0.2) is 19.1 Å². The van der Waals surface area contributed by atoms with E-state index in [9.17, 15) is 9.18 Å². The second-order valence-corrected chi connectivity index (χ2v) is 5.72. The Morgan fingerprint density at radius 2 is 2.04 bits per heavy atom. The number of rotatable bonds is 3. The van der Waals surface area contributed by atoms with Gasteiger partial charge in [0, 0.05) is 0 Å². The summed E-state index contributed by atoms with van der Waals surface area (Å²) in [4.78, 5) is 12.1. The van der Waals surface area contributed by atoms with E-state index in [4.69, 9.17) is 21.1 Å². The van der Waals surface area contributed by atoms with Crippen molar-refractivity contribution in [2.75, 3.05) is 18.5 Å². The van der Waals surface area contributed by atoms with E-state index in [2.05, 4.69) is 5.32 Å². The van der Waals surface area contributed by atoms with Crippen molar-refractivity contribution in [2.45, 2.75) is 13.3 Å². The first kappa shape index (κ1) is 15.6. The standard InChI is InChI=1S/C17H15ClFNO3/c1-10-2-3-14(13(19)6-10)20-16(21)9-11-7-12(18)17-15(8-11)22-4-5-23-17/h2-3,6-8H,4-5,9H2,1H3,(H,20,21). The molecule has 0 bridgehead atoms. The van der Waals surface area contributed by atoms with Gasteiger partial charge in [0.15, 0.2) is 11.5 Å². The Morgan fingerprint density at radius 3 is 2.83 bits per heavy atom. The number of ether oxygens (including phenoxy) is 2. The third kappa shape index (κ3) is 3.56. The summed E-state index contributed by atoms with van der Waals surface area (Å²) in [6.07, 6.45) is 0.0592. The molecule has 1 heterocycles. The van der Waals surface area contributed by atoms with Crippen LogP contribution in [0.15, 0.2) is 30.3 Å². The van der Waals surface area contributed by atoms with Crippen molar-refractivity contribution in [3.63, 3.8) is 0 Å². The van der Waals surface area contributed by atoms with Crippen LogP contribution < -0.4 is 14.8 Å². The van der Waals surface area contributed by atoms with E-state index in [0.717, 1.165) is 5.56 Å². The predicted molar refractivity (Wildman–Crippen MR) is 85.9 cm³/mol. The van der Waals surface area contributed by atoms with Crippen molar-refractivity contribution in [2.24, 2.45) is 0 Å². The number of anilines is 1. The molecule has 0 fully saturated rings. The smallest absolute Gasteiger partial charge is 0.228 e. The second-order valence-electron chi connectivity index (χ2n) is 5.31. The summed E-state index contributed by atoms with van der Waals surface area (Å²) >= 11 is 6.14. The summed E-state index contributed by atoms with van der Waals surface area (Å²) in [7, 11) is 0. The molecular formula is C17H15ClFNO3. The summed E-state index contributed by atoms with van der Waals surface area (Å²) in [5.74, 6) is 0.221. The lowest BCUT2D eigenvalue weighted by molar-refractivity contribution is -0.115. The van der Waals surface area contributed by atoms with Gasteiger partial charge in [-0.05, 0) is 42.3 Å². The maximum Gasteiger partial charge on any atom is 0.228 e. The molecule has 0 aromatic heterocycles. The Morgan fingerprint density at radius 1 is 1.26 bits per heavy atom. The van der Waals surface area contributed by atoms with Crippen molar-refractivity contribution in [3.8, 4) is 11.5 Å². The van der Waals surface area contributed by atoms with Gasteiger partial charge in [0.05, 0.1) is 17.1 Å². The minimum absolute atomic E-state index is 0.0592. The number of hydrogen-bond donors (Lipinski definition) is 1. The average Bonchev–Trinajstić information content (AvgIpc) is 2.50. The van der Waals surface area contributed by atoms with Crippen LogP contribution in [0.4, 0.5) is 10.1 Å². The number of carbonyl (C=O) groups excluding carboxylic acids is 1. The number of amides is 1. The fourth-order valence-corrected chi connectivity index (χ4v) is 2.66. The minimum Gasteiger partial charge on any atom is -0.486 e. The van der Waals surface area contributed by atoms with Gasteiger partial charge in [-0.25, -0.2) is 4.39 Å². The van der Waals surface area contributed by atoms with E-state index in [1.54, 1.807) is 31.2 Å². The molecular weight excluding hydrogens is 321 g/mol. The number of carbonyl (C=O) groups is 1. The fraction of sp³-hybridized carbons (Fsp3) is 0.235. The Balaban J connectivity index is 1.74. The average molecular weight is 336 g/mol. The van der Waals surface area contributed by atoms with E-state index in [1.807, 2.05) is 0 Å². The lowest BCUT2D eigenvalue weighted by Gasteiger charge is -2.20. The number of hydrogen-bond acceptors (Lipinski definition) is 3. The predicted octanol–water partition coefficient (Wildman–Crippen LogP) is 3.74. The number of nitrogens with one attached hydrogen (secondary N) is 1. The lowest BCUT2D eigenvalue weighted by Crippen LogP contribution is -2.18. The molecule has 0 saturated carbocycles. The Labute approximate surface area is 138 Å². The molecule has 0 atom stereocenters. The molecule has 1 aliphatic rings. The van der Waals surface area contributed by atoms with Crippen LogP contribution in [0.3, 0.4) is 0 Å².